The lowest BCUT2D eigenvalue weighted by atomic mass is 10.1. The lowest BCUT2D eigenvalue weighted by molar-refractivity contribution is 0.265. The topological polar surface area (TPSA) is 137 Å². The van der Waals surface area contributed by atoms with Crippen molar-refractivity contribution >= 4 is 23.4 Å². The summed E-state index contributed by atoms with van der Waals surface area (Å²) in [5, 5.41) is 20.1. The van der Waals surface area contributed by atoms with Crippen LogP contribution in [-0.2, 0) is 6.54 Å². The molecule has 32 heavy (non-hydrogen) atoms. The Kier molecular flexibility index (Phi) is 5.66. The first kappa shape index (κ1) is 20.7. The molecule has 1 saturated carbocycles. The molecule has 0 radical (unpaired) electrons. The van der Waals surface area contributed by atoms with Crippen LogP contribution in [0, 0.1) is 0 Å². The molecule has 0 spiro atoms. The number of aromatic nitrogens is 5. The minimum atomic E-state index is 0.318. The molecule has 1 saturated heterocycles. The van der Waals surface area contributed by atoms with Crippen molar-refractivity contribution in [3.63, 3.8) is 0 Å². The number of hydrogen-bond donors (Lipinski definition) is 4. The van der Waals surface area contributed by atoms with Crippen LogP contribution in [0.5, 0.6) is 0 Å². The zero-order valence-electron chi connectivity index (χ0n) is 18.5. The number of hydrogen-bond acceptors (Lipinski definition) is 10. The van der Waals surface area contributed by atoms with Gasteiger partial charge in [-0.3, -0.25) is 10.9 Å². The van der Waals surface area contributed by atoms with E-state index >= 15 is 0 Å². The third-order valence-corrected chi connectivity index (χ3v) is 5.81. The van der Waals surface area contributed by atoms with E-state index in [1.165, 1.54) is 18.5 Å². The van der Waals surface area contributed by atoms with Crippen molar-refractivity contribution in [3.8, 4) is 0 Å². The zero-order chi connectivity index (χ0) is 22.1. The number of piperazine rings is 1. The predicted octanol–water partition coefficient (Wildman–Crippen LogP) is 2.54. The van der Waals surface area contributed by atoms with Crippen LogP contribution in [0.1, 0.15) is 55.7 Å². The lowest BCUT2D eigenvalue weighted by Crippen LogP contribution is -2.49. The Labute approximate surface area is 186 Å². The first-order chi connectivity index (χ1) is 15.5. The number of nitrogens with zero attached hydrogens (tertiary/aromatic N) is 6. The van der Waals surface area contributed by atoms with E-state index in [-0.39, 0.29) is 0 Å². The Morgan fingerprint density at radius 1 is 1.12 bits per heavy atom. The predicted molar refractivity (Wildman–Crippen MR) is 122 cm³/mol. The summed E-state index contributed by atoms with van der Waals surface area (Å²) < 4.78 is 5.44. The van der Waals surface area contributed by atoms with Crippen LogP contribution in [0.2, 0.25) is 0 Å². The molecule has 0 unspecified atom stereocenters. The van der Waals surface area contributed by atoms with Gasteiger partial charge in [-0.05, 0) is 18.8 Å². The molecule has 4 heterocycles. The molecule has 11 heteroatoms. The monoisotopic (exact) mass is 438 g/mol. The van der Waals surface area contributed by atoms with Crippen LogP contribution >= 0.6 is 0 Å². The standard InChI is InChI=1S/C21H30N10O/c1-13(2)16-9-15(32-29-16)12-23-21-25-18(24-19-10-17(27-28-19)14-3-4-14)11-20(26-21)30-5-7-31(22)8-6-30/h9-11,13-14H,3-8,12,22H2,1-2H3,(H3,23,24,25,26,27,28). The first-order valence-corrected chi connectivity index (χ1v) is 11.2. The Hall–Kier alpha value is -3.18. The van der Waals surface area contributed by atoms with E-state index in [9.17, 15) is 0 Å². The summed E-state index contributed by atoms with van der Waals surface area (Å²) >= 11 is 0. The molecular weight excluding hydrogens is 408 g/mol. The van der Waals surface area contributed by atoms with E-state index in [4.69, 9.17) is 15.3 Å². The summed E-state index contributed by atoms with van der Waals surface area (Å²) in [4.78, 5) is 11.6. The highest BCUT2D eigenvalue weighted by atomic mass is 16.5. The molecule has 0 aromatic carbocycles. The number of nitrogens with two attached hydrogens (primary N) is 1. The summed E-state index contributed by atoms with van der Waals surface area (Å²) in [6, 6.07) is 5.97. The Morgan fingerprint density at radius 2 is 1.94 bits per heavy atom. The van der Waals surface area contributed by atoms with E-state index in [1.54, 1.807) is 0 Å². The van der Waals surface area contributed by atoms with Gasteiger partial charge in [0.1, 0.15) is 11.6 Å². The number of aromatic amines is 1. The molecule has 0 bridgehead atoms. The molecule has 1 aliphatic heterocycles. The van der Waals surface area contributed by atoms with Gasteiger partial charge in [0.05, 0.1) is 12.2 Å². The van der Waals surface area contributed by atoms with Crippen molar-refractivity contribution in [2.75, 3.05) is 41.7 Å². The van der Waals surface area contributed by atoms with Crippen molar-refractivity contribution in [2.45, 2.75) is 45.1 Å². The van der Waals surface area contributed by atoms with Crippen molar-refractivity contribution < 1.29 is 4.52 Å². The Morgan fingerprint density at radius 3 is 2.66 bits per heavy atom. The van der Waals surface area contributed by atoms with Gasteiger partial charge < -0.3 is 20.1 Å². The van der Waals surface area contributed by atoms with Crippen LogP contribution in [0.3, 0.4) is 0 Å². The summed E-state index contributed by atoms with van der Waals surface area (Å²) in [5.74, 6) is 10.4. The number of hydrazine groups is 1. The van der Waals surface area contributed by atoms with Gasteiger partial charge in [-0.15, -0.1) is 0 Å². The van der Waals surface area contributed by atoms with E-state index in [0.29, 0.717) is 30.1 Å². The number of H-pyrrole nitrogens is 1. The van der Waals surface area contributed by atoms with Gasteiger partial charge in [0.2, 0.25) is 5.95 Å². The summed E-state index contributed by atoms with van der Waals surface area (Å²) in [7, 11) is 0. The van der Waals surface area contributed by atoms with Gasteiger partial charge in [0, 0.05) is 56.0 Å². The molecule has 0 atom stereocenters. The highest BCUT2D eigenvalue weighted by Crippen LogP contribution is 2.39. The van der Waals surface area contributed by atoms with E-state index in [1.807, 2.05) is 17.1 Å². The molecule has 5 rings (SSSR count). The molecule has 2 aliphatic rings. The maximum Gasteiger partial charge on any atom is 0.227 e. The van der Waals surface area contributed by atoms with Crippen LogP contribution in [0.25, 0.3) is 0 Å². The first-order valence-electron chi connectivity index (χ1n) is 11.2. The van der Waals surface area contributed by atoms with Crippen molar-refractivity contribution in [3.05, 3.63) is 35.3 Å². The lowest BCUT2D eigenvalue weighted by Gasteiger charge is -2.33. The molecule has 1 aliphatic carbocycles. The highest BCUT2D eigenvalue weighted by molar-refractivity contribution is 5.60. The fourth-order valence-electron chi connectivity index (χ4n) is 3.68. The maximum atomic E-state index is 5.93. The van der Waals surface area contributed by atoms with Gasteiger partial charge in [-0.1, -0.05) is 19.0 Å². The average Bonchev–Trinajstić information content (AvgIpc) is 3.33. The van der Waals surface area contributed by atoms with Crippen molar-refractivity contribution in [2.24, 2.45) is 5.84 Å². The fraction of sp³-hybridized carbons (Fsp3) is 0.524. The third-order valence-electron chi connectivity index (χ3n) is 5.81. The number of anilines is 4. The normalized spacial score (nSPS) is 17.2. The van der Waals surface area contributed by atoms with Gasteiger partial charge in [-0.2, -0.15) is 15.1 Å². The molecule has 0 amide bonds. The molecule has 3 aromatic rings. The Bertz CT molecular complexity index is 1050. The molecule has 2 fully saturated rings. The molecular formula is C21H30N10O. The maximum absolute atomic E-state index is 5.93. The average molecular weight is 439 g/mol. The van der Waals surface area contributed by atoms with E-state index in [0.717, 1.165) is 49.3 Å². The van der Waals surface area contributed by atoms with Gasteiger partial charge in [-0.25, -0.2) is 5.01 Å². The van der Waals surface area contributed by atoms with Crippen LogP contribution in [-0.4, -0.2) is 56.5 Å². The smallest absolute Gasteiger partial charge is 0.227 e. The summed E-state index contributed by atoms with van der Waals surface area (Å²) in [6.45, 7) is 7.81. The van der Waals surface area contributed by atoms with E-state index < -0.39 is 0 Å². The number of nitrogens with one attached hydrogen (secondary N) is 3. The molecule has 3 aromatic heterocycles. The SMILES string of the molecule is CC(C)c1cc(CNc2nc(Nc3cc(C4CC4)[nH]n3)cc(N3CCN(N)CC3)n2)on1. The van der Waals surface area contributed by atoms with E-state index in [2.05, 4.69) is 55.8 Å². The second-order valence-corrected chi connectivity index (χ2v) is 8.79. The van der Waals surface area contributed by atoms with Gasteiger partial charge >= 0.3 is 0 Å². The zero-order valence-corrected chi connectivity index (χ0v) is 18.5. The quantitative estimate of drug-likeness (QED) is 0.388. The minimum Gasteiger partial charge on any atom is -0.359 e. The molecule has 5 N–H and O–H groups in total. The van der Waals surface area contributed by atoms with Crippen molar-refractivity contribution in [1.29, 1.82) is 0 Å². The van der Waals surface area contributed by atoms with Crippen LogP contribution in [0.4, 0.5) is 23.4 Å². The molecule has 11 nitrogen and oxygen atoms in total. The second kappa shape index (κ2) is 8.75. The van der Waals surface area contributed by atoms with Gasteiger partial charge in [0.25, 0.3) is 0 Å². The second-order valence-electron chi connectivity index (χ2n) is 8.79. The van der Waals surface area contributed by atoms with Gasteiger partial charge in [0.15, 0.2) is 11.6 Å². The highest BCUT2D eigenvalue weighted by Gasteiger charge is 2.25. The van der Waals surface area contributed by atoms with Crippen LogP contribution < -0.4 is 21.4 Å². The molecule has 170 valence electrons. The summed E-state index contributed by atoms with van der Waals surface area (Å²) in [6.07, 6.45) is 2.45. The minimum absolute atomic E-state index is 0.318. The fourth-order valence-corrected chi connectivity index (χ4v) is 3.68. The number of rotatable bonds is 8. The third kappa shape index (κ3) is 4.83. The largest absolute Gasteiger partial charge is 0.359 e. The van der Waals surface area contributed by atoms with Crippen LogP contribution in [0.15, 0.2) is 22.7 Å². The summed E-state index contributed by atoms with van der Waals surface area (Å²) in [5.41, 5.74) is 2.11. The Balaban J connectivity index is 1.35. The van der Waals surface area contributed by atoms with Crippen molar-refractivity contribution in [1.82, 2.24) is 30.3 Å².